The van der Waals surface area contributed by atoms with E-state index < -0.39 is 0 Å². The van der Waals surface area contributed by atoms with Gasteiger partial charge in [0.05, 0.1) is 29.0 Å². The molecule has 0 amide bonds. The van der Waals surface area contributed by atoms with Crippen molar-refractivity contribution >= 4 is 10.9 Å². The Morgan fingerprint density at radius 1 is 1.06 bits per heavy atom. The zero-order valence-corrected chi connectivity index (χ0v) is 18.0. The highest BCUT2D eigenvalue weighted by Gasteiger charge is 2.21. The molecule has 4 nitrogen and oxygen atoms in total. The maximum absolute atomic E-state index is 9.24. The van der Waals surface area contributed by atoms with E-state index in [1.807, 2.05) is 30.5 Å². The van der Waals surface area contributed by atoms with Crippen LogP contribution in [0.15, 0.2) is 60.9 Å². The minimum atomic E-state index is 0.658. The average molecular weight is 407 g/mol. The maximum atomic E-state index is 9.24. The number of rotatable bonds is 4. The lowest BCUT2D eigenvalue weighted by Gasteiger charge is -2.15. The number of nitrogens with one attached hydrogen (secondary N) is 1. The maximum Gasteiger partial charge on any atom is 0.0991 e. The summed E-state index contributed by atoms with van der Waals surface area (Å²) in [5.41, 5.74) is 8.68. The summed E-state index contributed by atoms with van der Waals surface area (Å²) < 4.78 is 2.38. The number of nitrogens with zero attached hydrogens (tertiary/aromatic N) is 3. The van der Waals surface area contributed by atoms with Gasteiger partial charge < -0.3 is 9.88 Å². The number of aromatic nitrogens is 2. The average Bonchev–Trinajstić information content (AvgIpc) is 3.42. The van der Waals surface area contributed by atoms with Gasteiger partial charge in [0.1, 0.15) is 0 Å². The molecule has 2 aromatic carbocycles. The summed E-state index contributed by atoms with van der Waals surface area (Å²) in [4.78, 5) is 4.97. The number of benzene rings is 2. The third-order valence-electron chi connectivity index (χ3n) is 6.36. The van der Waals surface area contributed by atoms with Crippen molar-refractivity contribution in [3.8, 4) is 28.5 Å². The van der Waals surface area contributed by atoms with Gasteiger partial charge in [-0.05, 0) is 62.5 Å². The van der Waals surface area contributed by atoms with Crippen LogP contribution in [0.3, 0.4) is 0 Å². The first-order valence-corrected chi connectivity index (χ1v) is 10.9. The van der Waals surface area contributed by atoms with Crippen LogP contribution in [0, 0.1) is 31.1 Å². The van der Waals surface area contributed by atoms with Crippen molar-refractivity contribution in [2.75, 3.05) is 13.1 Å². The van der Waals surface area contributed by atoms with Gasteiger partial charge >= 0.3 is 0 Å². The van der Waals surface area contributed by atoms with Gasteiger partial charge in [-0.15, -0.1) is 0 Å². The molecule has 0 saturated carbocycles. The molecular weight excluding hydrogens is 380 g/mol. The van der Waals surface area contributed by atoms with Crippen molar-refractivity contribution in [3.63, 3.8) is 0 Å². The third kappa shape index (κ3) is 3.62. The van der Waals surface area contributed by atoms with Crippen LogP contribution in [0.2, 0.25) is 0 Å². The molecule has 31 heavy (non-hydrogen) atoms. The van der Waals surface area contributed by atoms with Crippen molar-refractivity contribution in [2.45, 2.75) is 26.8 Å². The highest BCUT2D eigenvalue weighted by Crippen LogP contribution is 2.39. The largest absolute Gasteiger partial charge is 0.346 e. The second-order valence-electron chi connectivity index (χ2n) is 8.62. The molecule has 154 valence electrons. The van der Waals surface area contributed by atoms with E-state index in [0.29, 0.717) is 11.5 Å². The fourth-order valence-corrected chi connectivity index (χ4v) is 4.71. The molecule has 0 aliphatic carbocycles. The van der Waals surface area contributed by atoms with E-state index in [2.05, 4.69) is 60.3 Å². The van der Waals surface area contributed by atoms with Crippen molar-refractivity contribution in [2.24, 2.45) is 5.92 Å². The first-order valence-electron chi connectivity index (χ1n) is 10.9. The van der Waals surface area contributed by atoms with Crippen molar-refractivity contribution in [1.29, 1.82) is 5.26 Å². The van der Waals surface area contributed by atoms with Crippen LogP contribution in [0.25, 0.3) is 33.3 Å². The van der Waals surface area contributed by atoms with E-state index in [1.165, 1.54) is 28.5 Å². The van der Waals surface area contributed by atoms with E-state index in [4.69, 9.17) is 4.98 Å². The zero-order chi connectivity index (χ0) is 21.4. The summed E-state index contributed by atoms with van der Waals surface area (Å²) in [5, 5.41) is 14.0. The second-order valence-corrected chi connectivity index (χ2v) is 8.62. The number of pyridine rings is 1. The van der Waals surface area contributed by atoms with Crippen molar-refractivity contribution in [3.05, 3.63) is 77.6 Å². The second kappa shape index (κ2) is 8.02. The Bertz CT molecular complexity index is 1270. The molecule has 5 rings (SSSR count). The molecule has 4 aromatic rings. The molecule has 0 spiro atoms. The van der Waals surface area contributed by atoms with Crippen LogP contribution in [-0.2, 0) is 6.54 Å². The number of aryl methyl sites for hydroxylation is 2. The fourth-order valence-electron chi connectivity index (χ4n) is 4.71. The molecule has 1 atom stereocenters. The Labute approximate surface area is 183 Å². The van der Waals surface area contributed by atoms with Crippen molar-refractivity contribution < 1.29 is 0 Å². The minimum absolute atomic E-state index is 0.658. The molecule has 0 unspecified atom stereocenters. The van der Waals surface area contributed by atoms with Gasteiger partial charge in [-0.1, -0.05) is 42.0 Å². The van der Waals surface area contributed by atoms with E-state index in [1.54, 1.807) is 0 Å². The monoisotopic (exact) mass is 406 g/mol. The summed E-state index contributed by atoms with van der Waals surface area (Å²) in [6.07, 6.45) is 5.53. The number of nitriles is 1. The Hall–Kier alpha value is -3.42. The van der Waals surface area contributed by atoms with Crippen LogP contribution in [0.1, 0.15) is 23.1 Å². The molecule has 1 fully saturated rings. The van der Waals surface area contributed by atoms with Gasteiger partial charge in [-0.25, -0.2) is 0 Å². The Morgan fingerprint density at radius 2 is 1.81 bits per heavy atom. The standard InChI is InChI=1S/C27H26N4/c1-18-3-7-23(8-4-18)27-26(22-9-5-20(13-28)6-10-22)25-19(2)16-31(24(25)15-30-27)17-21-11-12-29-14-21/h3-10,15-16,21,29H,11-12,14,17H2,1-2H3/t21-/m1/s1. The smallest absolute Gasteiger partial charge is 0.0991 e. The highest BCUT2D eigenvalue weighted by molar-refractivity contribution is 6.03. The van der Waals surface area contributed by atoms with Gasteiger partial charge in [-0.2, -0.15) is 5.26 Å². The topological polar surface area (TPSA) is 53.6 Å². The molecule has 1 N–H and O–H groups in total. The SMILES string of the molecule is Cc1ccc(-c2ncc3c(c(C)cn3C[C@@H]3CCNC3)c2-c2ccc(C#N)cc2)cc1. The number of hydrogen-bond acceptors (Lipinski definition) is 3. The lowest BCUT2D eigenvalue weighted by Crippen LogP contribution is -2.14. The first kappa shape index (κ1) is 19.5. The lowest BCUT2D eigenvalue weighted by molar-refractivity contribution is 0.490. The van der Waals surface area contributed by atoms with Crippen LogP contribution in [0.5, 0.6) is 0 Å². The van der Waals surface area contributed by atoms with E-state index in [-0.39, 0.29) is 0 Å². The molecule has 1 aliphatic rings. The van der Waals surface area contributed by atoms with E-state index in [0.717, 1.165) is 42.0 Å². The normalized spacial score (nSPS) is 16.0. The Morgan fingerprint density at radius 3 is 2.48 bits per heavy atom. The predicted octanol–water partition coefficient (Wildman–Crippen LogP) is 5.47. The molecule has 0 bridgehead atoms. The molecular formula is C27H26N4. The molecule has 1 saturated heterocycles. The van der Waals surface area contributed by atoms with Gasteiger partial charge in [0.15, 0.2) is 0 Å². The number of hydrogen-bond donors (Lipinski definition) is 1. The van der Waals surface area contributed by atoms with Gasteiger partial charge in [0, 0.05) is 29.3 Å². The lowest BCUT2D eigenvalue weighted by atomic mass is 9.94. The molecule has 3 heterocycles. The van der Waals surface area contributed by atoms with E-state index in [9.17, 15) is 5.26 Å². The molecule has 0 radical (unpaired) electrons. The quantitative estimate of drug-likeness (QED) is 0.489. The Balaban J connectivity index is 1.73. The van der Waals surface area contributed by atoms with Gasteiger partial charge in [0.2, 0.25) is 0 Å². The minimum Gasteiger partial charge on any atom is -0.346 e. The third-order valence-corrected chi connectivity index (χ3v) is 6.36. The molecule has 1 aliphatic heterocycles. The summed E-state index contributed by atoms with van der Waals surface area (Å²) >= 11 is 0. The van der Waals surface area contributed by atoms with Crippen LogP contribution >= 0.6 is 0 Å². The van der Waals surface area contributed by atoms with E-state index >= 15 is 0 Å². The van der Waals surface area contributed by atoms with Crippen LogP contribution in [0.4, 0.5) is 0 Å². The fraction of sp³-hybridized carbons (Fsp3) is 0.259. The zero-order valence-electron chi connectivity index (χ0n) is 18.0. The molecule has 2 aromatic heterocycles. The van der Waals surface area contributed by atoms with Crippen LogP contribution < -0.4 is 5.32 Å². The summed E-state index contributed by atoms with van der Waals surface area (Å²) in [6.45, 7) is 7.49. The van der Waals surface area contributed by atoms with Crippen molar-refractivity contribution in [1.82, 2.24) is 14.9 Å². The molecule has 4 heteroatoms. The summed E-state index contributed by atoms with van der Waals surface area (Å²) in [7, 11) is 0. The highest BCUT2D eigenvalue weighted by atomic mass is 15.0. The van der Waals surface area contributed by atoms with Gasteiger partial charge in [0.25, 0.3) is 0 Å². The number of fused-ring (bicyclic) bond motifs is 1. The summed E-state index contributed by atoms with van der Waals surface area (Å²) in [5.74, 6) is 0.658. The predicted molar refractivity (Wildman–Crippen MR) is 126 cm³/mol. The van der Waals surface area contributed by atoms with Gasteiger partial charge in [-0.3, -0.25) is 4.98 Å². The van der Waals surface area contributed by atoms with Crippen LogP contribution in [-0.4, -0.2) is 22.6 Å². The Kier molecular flexibility index (Phi) is 5.05. The first-order chi connectivity index (χ1) is 15.1. The summed E-state index contributed by atoms with van der Waals surface area (Å²) in [6, 6.07) is 18.7.